The second kappa shape index (κ2) is 8.43. The minimum atomic E-state index is 0. The summed E-state index contributed by atoms with van der Waals surface area (Å²) in [6, 6.07) is 3.77. The van der Waals surface area contributed by atoms with E-state index in [1.165, 1.54) is 0 Å². The van der Waals surface area contributed by atoms with Gasteiger partial charge in [0, 0.05) is 6.07 Å². The van der Waals surface area contributed by atoms with Gasteiger partial charge in [0.05, 0.1) is 0 Å². The van der Waals surface area contributed by atoms with E-state index in [-0.39, 0.29) is 30.9 Å². The van der Waals surface area contributed by atoms with E-state index in [1.807, 2.05) is 13.0 Å². The molecule has 0 saturated carbocycles. The third-order valence-electron chi connectivity index (χ3n) is 1.52. The molecule has 1 atom stereocenters. The molecule has 7 heteroatoms. The average molecular weight is 285 g/mol. The van der Waals surface area contributed by atoms with Gasteiger partial charge in [0.1, 0.15) is 24.3 Å². The molecule has 0 aliphatic heterocycles. The number of halogens is 3. The van der Waals surface area contributed by atoms with Gasteiger partial charge in [0.25, 0.3) is 5.15 Å². The largest absolute Gasteiger partial charge is 1.00 e. The van der Waals surface area contributed by atoms with Crippen LogP contribution in [-0.2, 0) is 0 Å². The summed E-state index contributed by atoms with van der Waals surface area (Å²) in [4.78, 5) is 2.74. The van der Waals surface area contributed by atoms with Crippen LogP contribution in [0.5, 0.6) is 5.75 Å². The zero-order valence-corrected chi connectivity index (χ0v) is 10.9. The molecule has 0 radical (unpaired) electrons. The number of nitrogens with one attached hydrogen (secondary N) is 1. The number of pyridine rings is 1. The summed E-state index contributed by atoms with van der Waals surface area (Å²) in [5.41, 5.74) is 4.16. The predicted octanol–water partition coefficient (Wildman–Crippen LogP) is -5.96. The summed E-state index contributed by atoms with van der Waals surface area (Å²) in [6.45, 7) is 2.46. The molecule has 90 valence electrons. The van der Waals surface area contributed by atoms with E-state index in [0.717, 1.165) is 0 Å². The zero-order chi connectivity index (χ0) is 10.6. The molecule has 0 bridgehead atoms. The van der Waals surface area contributed by atoms with Gasteiger partial charge in [-0.1, -0.05) is 0 Å². The number of aromatic amines is 1. The fourth-order valence-electron chi connectivity index (χ4n) is 0.863. The number of hydrogen-bond acceptors (Lipinski definition) is 2. The number of ether oxygens (including phenoxy) is 1. The summed E-state index contributed by atoms with van der Waals surface area (Å²) < 4.78 is 5.36. The SMILES string of the molecule is C[C@H]([NH3+])COc1c[nH+]c(Cl)c(C#N)c1.[Cl-].[Cl-]. The monoisotopic (exact) mass is 283 g/mol. The molecule has 0 saturated heterocycles. The van der Waals surface area contributed by atoms with Crippen LogP contribution in [0, 0.1) is 11.3 Å². The molecule has 0 fully saturated rings. The highest BCUT2D eigenvalue weighted by Crippen LogP contribution is 2.14. The molecule has 4 N–H and O–H groups in total. The van der Waals surface area contributed by atoms with Crippen molar-refractivity contribution in [2.45, 2.75) is 13.0 Å². The van der Waals surface area contributed by atoms with Crippen LogP contribution >= 0.6 is 11.6 Å². The van der Waals surface area contributed by atoms with Crippen molar-refractivity contribution >= 4 is 11.6 Å². The maximum absolute atomic E-state index is 8.70. The molecule has 4 nitrogen and oxygen atoms in total. The predicted molar refractivity (Wildman–Crippen MR) is 50.6 cm³/mol. The standard InChI is InChI=1S/C9H10ClN3O.2ClH/c1-6(12)5-14-8-2-7(3-11)9(10)13-4-8;;/h2,4,6H,5,12H2,1H3;2*1H/t6-;;/m0../s1. The fourth-order valence-corrected chi connectivity index (χ4v) is 1.01. The van der Waals surface area contributed by atoms with Crippen molar-refractivity contribution in [3.05, 3.63) is 23.0 Å². The molecule has 0 spiro atoms. The van der Waals surface area contributed by atoms with Crippen molar-refractivity contribution in [1.82, 2.24) is 0 Å². The summed E-state index contributed by atoms with van der Waals surface area (Å²) >= 11 is 5.71. The molecule has 0 aliphatic rings. The molecular weight excluding hydrogens is 272 g/mol. The van der Waals surface area contributed by atoms with E-state index in [2.05, 4.69) is 10.7 Å². The fraction of sp³-hybridized carbons (Fsp3) is 0.333. The van der Waals surface area contributed by atoms with Gasteiger partial charge >= 0.3 is 0 Å². The molecule has 1 aromatic rings. The lowest BCUT2D eigenvalue weighted by Gasteiger charge is -2.04. The third-order valence-corrected chi connectivity index (χ3v) is 1.83. The van der Waals surface area contributed by atoms with Gasteiger partial charge in [-0.3, -0.25) is 0 Å². The van der Waals surface area contributed by atoms with Crippen LogP contribution in [0.1, 0.15) is 12.5 Å². The second-order valence-corrected chi connectivity index (χ2v) is 3.47. The minimum absolute atomic E-state index is 0. The van der Waals surface area contributed by atoms with Crippen LogP contribution in [0.4, 0.5) is 0 Å². The summed E-state index contributed by atoms with van der Waals surface area (Å²) in [5, 5.41) is 9.02. The lowest BCUT2D eigenvalue weighted by Crippen LogP contribution is -3.00. The van der Waals surface area contributed by atoms with Crippen LogP contribution in [0.3, 0.4) is 0 Å². The number of nitriles is 1. The normalized spacial score (nSPS) is 10.4. The summed E-state index contributed by atoms with van der Waals surface area (Å²) in [6.07, 6.45) is 1.62. The Hall–Kier alpha value is -0.730. The van der Waals surface area contributed by atoms with E-state index in [4.69, 9.17) is 21.6 Å². The number of aromatic nitrogens is 1. The topological polar surface area (TPSA) is 74.8 Å². The maximum Gasteiger partial charge on any atom is 0.291 e. The Morgan fingerprint density at radius 1 is 1.62 bits per heavy atom. The first-order chi connectivity index (χ1) is 6.63. The Labute approximate surface area is 112 Å². The van der Waals surface area contributed by atoms with Gasteiger partial charge < -0.3 is 35.3 Å². The molecule has 0 amide bonds. The van der Waals surface area contributed by atoms with Gasteiger partial charge in [-0.25, -0.2) is 0 Å². The number of hydrogen-bond donors (Lipinski definition) is 1. The van der Waals surface area contributed by atoms with Crippen molar-refractivity contribution in [3.8, 4) is 11.8 Å². The molecule has 1 heterocycles. The highest BCUT2D eigenvalue weighted by molar-refractivity contribution is 6.29. The molecule has 1 rings (SSSR count). The minimum Gasteiger partial charge on any atom is -1.00 e. The lowest BCUT2D eigenvalue weighted by atomic mass is 10.3. The molecule has 1 aromatic heterocycles. The summed E-state index contributed by atoms with van der Waals surface area (Å²) in [7, 11) is 0. The Bertz CT molecular complexity index is 366. The van der Waals surface area contributed by atoms with Gasteiger partial charge in [-0.15, -0.1) is 0 Å². The highest BCUT2D eigenvalue weighted by Gasteiger charge is 2.09. The number of nitrogens with zero attached hydrogens (tertiary/aromatic N) is 1. The second-order valence-electron chi connectivity index (χ2n) is 3.09. The molecule has 0 aromatic carbocycles. The van der Waals surface area contributed by atoms with E-state index in [9.17, 15) is 0 Å². The van der Waals surface area contributed by atoms with Crippen molar-refractivity contribution in [1.29, 1.82) is 5.26 Å². The van der Waals surface area contributed by atoms with Crippen LogP contribution in [0.15, 0.2) is 12.3 Å². The van der Waals surface area contributed by atoms with Gasteiger partial charge in [-0.05, 0) is 18.5 Å². The Morgan fingerprint density at radius 3 is 2.75 bits per heavy atom. The lowest BCUT2D eigenvalue weighted by molar-refractivity contribution is -0.418. The molecular formula is C9H12Cl3N3O. The van der Waals surface area contributed by atoms with E-state index in [0.29, 0.717) is 23.1 Å². The van der Waals surface area contributed by atoms with Crippen molar-refractivity contribution in [2.75, 3.05) is 6.61 Å². The van der Waals surface area contributed by atoms with Crippen LogP contribution in [0.25, 0.3) is 0 Å². The first kappa shape index (κ1) is 17.7. The van der Waals surface area contributed by atoms with Crippen molar-refractivity contribution < 1.29 is 40.3 Å². The maximum atomic E-state index is 8.70. The first-order valence-electron chi connectivity index (χ1n) is 4.20. The molecule has 0 aliphatic carbocycles. The Kier molecular flexibility index (Phi) is 9.30. The van der Waals surface area contributed by atoms with Crippen LogP contribution < -0.4 is 40.3 Å². The highest BCUT2D eigenvalue weighted by atomic mass is 35.5. The van der Waals surface area contributed by atoms with E-state index < -0.39 is 0 Å². The van der Waals surface area contributed by atoms with E-state index >= 15 is 0 Å². The first-order valence-corrected chi connectivity index (χ1v) is 4.58. The quantitative estimate of drug-likeness (QED) is 0.561. The van der Waals surface area contributed by atoms with Crippen LogP contribution in [-0.4, -0.2) is 12.6 Å². The molecule has 16 heavy (non-hydrogen) atoms. The number of quaternary nitrogens is 1. The smallest absolute Gasteiger partial charge is 0.291 e. The molecule has 0 unspecified atom stereocenters. The zero-order valence-electron chi connectivity index (χ0n) is 8.64. The summed E-state index contributed by atoms with van der Waals surface area (Å²) in [5.74, 6) is 0.599. The number of rotatable bonds is 3. The Balaban J connectivity index is 0. The van der Waals surface area contributed by atoms with Gasteiger partial charge in [0.2, 0.25) is 6.20 Å². The Morgan fingerprint density at radius 2 is 2.25 bits per heavy atom. The van der Waals surface area contributed by atoms with Crippen molar-refractivity contribution in [2.24, 2.45) is 0 Å². The van der Waals surface area contributed by atoms with Crippen LogP contribution in [0.2, 0.25) is 5.15 Å². The third kappa shape index (κ3) is 5.38. The van der Waals surface area contributed by atoms with E-state index in [1.54, 1.807) is 12.3 Å². The van der Waals surface area contributed by atoms with Crippen molar-refractivity contribution in [3.63, 3.8) is 0 Å². The average Bonchev–Trinajstić information content (AvgIpc) is 2.16. The van der Waals surface area contributed by atoms with Gasteiger partial charge in [-0.2, -0.15) is 10.2 Å². The van der Waals surface area contributed by atoms with Gasteiger partial charge in [0.15, 0.2) is 5.75 Å². The number of H-pyrrole nitrogens is 1.